The van der Waals surface area contributed by atoms with Crippen LogP contribution in [0.4, 0.5) is 0 Å². The molecule has 2 unspecified atom stereocenters. The summed E-state index contributed by atoms with van der Waals surface area (Å²) in [7, 11) is 0. The van der Waals surface area contributed by atoms with E-state index in [4.69, 9.17) is 5.73 Å². The van der Waals surface area contributed by atoms with Crippen LogP contribution in [-0.4, -0.2) is 6.04 Å². The van der Waals surface area contributed by atoms with E-state index in [1.807, 2.05) is 0 Å². The molecule has 0 spiro atoms. The van der Waals surface area contributed by atoms with Gasteiger partial charge in [-0.3, -0.25) is 0 Å². The first kappa shape index (κ1) is 9.72. The zero-order chi connectivity index (χ0) is 10.1. The summed E-state index contributed by atoms with van der Waals surface area (Å²) in [4.78, 5) is 0. The van der Waals surface area contributed by atoms with E-state index in [-0.39, 0.29) is 0 Å². The summed E-state index contributed by atoms with van der Waals surface area (Å²) in [5, 5.41) is 0. The molecule has 1 nitrogen and oxygen atoms in total. The summed E-state index contributed by atoms with van der Waals surface area (Å²) >= 11 is 0. The largest absolute Gasteiger partial charge is 0.328 e. The Morgan fingerprint density at radius 3 is 2.50 bits per heavy atom. The van der Waals surface area contributed by atoms with E-state index in [1.165, 1.54) is 36.0 Å². The standard InChI is InChI=1S/C13H19N/c1-9-3-4-11(7-10(9)2)12-5-6-13(14)8-12/h3-4,7,12-13H,5-6,8,14H2,1-2H3. The second-order valence-electron chi connectivity index (χ2n) is 4.61. The third-order valence-corrected chi connectivity index (χ3v) is 3.48. The molecule has 0 radical (unpaired) electrons. The molecule has 0 heterocycles. The summed E-state index contributed by atoms with van der Waals surface area (Å²) in [5.74, 6) is 0.712. The van der Waals surface area contributed by atoms with Crippen molar-refractivity contribution in [2.24, 2.45) is 5.73 Å². The van der Waals surface area contributed by atoms with E-state index < -0.39 is 0 Å². The topological polar surface area (TPSA) is 26.0 Å². The van der Waals surface area contributed by atoms with E-state index in [0.29, 0.717) is 12.0 Å². The molecule has 2 N–H and O–H groups in total. The highest BCUT2D eigenvalue weighted by molar-refractivity contribution is 5.32. The summed E-state index contributed by atoms with van der Waals surface area (Å²) < 4.78 is 0. The molecular formula is C13H19N. The van der Waals surface area contributed by atoms with Crippen molar-refractivity contribution in [3.8, 4) is 0 Å². The first-order chi connectivity index (χ1) is 6.66. The minimum atomic E-state index is 0.432. The van der Waals surface area contributed by atoms with Crippen LogP contribution in [0.2, 0.25) is 0 Å². The predicted octanol–water partition coefficient (Wildman–Crippen LogP) is 2.90. The van der Waals surface area contributed by atoms with Gasteiger partial charge in [0.2, 0.25) is 0 Å². The lowest BCUT2D eigenvalue weighted by Gasteiger charge is -2.11. The zero-order valence-corrected chi connectivity index (χ0v) is 9.09. The van der Waals surface area contributed by atoms with Crippen LogP contribution in [0.3, 0.4) is 0 Å². The maximum absolute atomic E-state index is 5.93. The molecule has 0 bridgehead atoms. The van der Waals surface area contributed by atoms with E-state index in [0.717, 1.165) is 0 Å². The molecular weight excluding hydrogens is 170 g/mol. The lowest BCUT2D eigenvalue weighted by molar-refractivity contribution is 0.674. The Bertz CT molecular complexity index is 330. The molecule has 0 aliphatic heterocycles. The maximum Gasteiger partial charge on any atom is 0.00448 e. The highest BCUT2D eigenvalue weighted by Gasteiger charge is 2.22. The number of benzene rings is 1. The van der Waals surface area contributed by atoms with Gasteiger partial charge in [-0.05, 0) is 55.7 Å². The van der Waals surface area contributed by atoms with Crippen molar-refractivity contribution in [2.45, 2.75) is 45.1 Å². The average Bonchev–Trinajstić information content (AvgIpc) is 2.57. The predicted molar refractivity (Wildman–Crippen MR) is 60.5 cm³/mol. The lowest BCUT2D eigenvalue weighted by atomic mass is 9.94. The molecule has 1 heteroatoms. The van der Waals surface area contributed by atoms with Crippen LogP contribution in [-0.2, 0) is 0 Å². The number of hydrogen-bond donors (Lipinski definition) is 1. The van der Waals surface area contributed by atoms with Crippen LogP contribution >= 0.6 is 0 Å². The first-order valence-corrected chi connectivity index (χ1v) is 5.49. The van der Waals surface area contributed by atoms with Crippen LogP contribution in [0.15, 0.2) is 18.2 Å². The Balaban J connectivity index is 2.20. The fourth-order valence-electron chi connectivity index (χ4n) is 2.34. The van der Waals surface area contributed by atoms with Crippen LogP contribution in [0, 0.1) is 13.8 Å². The molecule has 1 saturated carbocycles. The van der Waals surface area contributed by atoms with E-state index in [1.54, 1.807) is 0 Å². The Kier molecular flexibility index (Phi) is 2.60. The number of hydrogen-bond acceptors (Lipinski definition) is 1. The third-order valence-electron chi connectivity index (χ3n) is 3.48. The Morgan fingerprint density at radius 2 is 1.93 bits per heavy atom. The van der Waals surface area contributed by atoms with E-state index in [2.05, 4.69) is 32.0 Å². The molecule has 14 heavy (non-hydrogen) atoms. The van der Waals surface area contributed by atoms with E-state index >= 15 is 0 Å². The second kappa shape index (κ2) is 3.74. The van der Waals surface area contributed by atoms with Gasteiger partial charge in [-0.2, -0.15) is 0 Å². The minimum Gasteiger partial charge on any atom is -0.328 e. The molecule has 1 aliphatic carbocycles. The summed E-state index contributed by atoms with van der Waals surface area (Å²) in [6, 6.07) is 7.26. The van der Waals surface area contributed by atoms with Crippen molar-refractivity contribution >= 4 is 0 Å². The minimum absolute atomic E-state index is 0.432. The average molecular weight is 189 g/mol. The SMILES string of the molecule is Cc1ccc(C2CCC(N)C2)cc1C. The van der Waals surface area contributed by atoms with Gasteiger partial charge in [0, 0.05) is 6.04 Å². The number of aryl methyl sites for hydroxylation is 2. The smallest absolute Gasteiger partial charge is 0.00448 e. The number of rotatable bonds is 1. The van der Waals surface area contributed by atoms with Gasteiger partial charge in [0.25, 0.3) is 0 Å². The van der Waals surface area contributed by atoms with Crippen LogP contribution in [0.1, 0.15) is 41.9 Å². The van der Waals surface area contributed by atoms with Gasteiger partial charge in [-0.15, -0.1) is 0 Å². The second-order valence-corrected chi connectivity index (χ2v) is 4.61. The monoisotopic (exact) mass is 189 g/mol. The molecule has 1 aliphatic rings. The first-order valence-electron chi connectivity index (χ1n) is 5.49. The number of nitrogens with two attached hydrogens (primary N) is 1. The summed E-state index contributed by atoms with van der Waals surface area (Å²) in [6.45, 7) is 4.35. The van der Waals surface area contributed by atoms with Crippen molar-refractivity contribution < 1.29 is 0 Å². The van der Waals surface area contributed by atoms with Gasteiger partial charge in [-0.1, -0.05) is 18.2 Å². The fourth-order valence-corrected chi connectivity index (χ4v) is 2.34. The normalized spacial score (nSPS) is 26.8. The molecule has 2 rings (SSSR count). The molecule has 0 amide bonds. The molecule has 2 atom stereocenters. The van der Waals surface area contributed by atoms with Gasteiger partial charge >= 0.3 is 0 Å². The quantitative estimate of drug-likeness (QED) is 0.722. The van der Waals surface area contributed by atoms with Gasteiger partial charge in [0.15, 0.2) is 0 Å². The van der Waals surface area contributed by atoms with Crippen molar-refractivity contribution in [1.82, 2.24) is 0 Å². The third kappa shape index (κ3) is 1.83. The maximum atomic E-state index is 5.93. The zero-order valence-electron chi connectivity index (χ0n) is 9.09. The molecule has 1 fully saturated rings. The lowest BCUT2D eigenvalue weighted by Crippen LogP contribution is -2.14. The van der Waals surface area contributed by atoms with Crippen LogP contribution in [0.25, 0.3) is 0 Å². The van der Waals surface area contributed by atoms with E-state index in [9.17, 15) is 0 Å². The molecule has 0 aromatic heterocycles. The van der Waals surface area contributed by atoms with Gasteiger partial charge < -0.3 is 5.73 Å². The van der Waals surface area contributed by atoms with Crippen LogP contribution < -0.4 is 5.73 Å². The fraction of sp³-hybridized carbons (Fsp3) is 0.538. The van der Waals surface area contributed by atoms with Crippen molar-refractivity contribution in [3.05, 3.63) is 34.9 Å². The molecule has 0 saturated heterocycles. The molecule has 1 aromatic carbocycles. The van der Waals surface area contributed by atoms with Crippen molar-refractivity contribution in [3.63, 3.8) is 0 Å². The van der Waals surface area contributed by atoms with Crippen LogP contribution in [0.5, 0.6) is 0 Å². The Hall–Kier alpha value is -0.820. The Labute approximate surface area is 86.3 Å². The summed E-state index contributed by atoms with van der Waals surface area (Å²) in [5.41, 5.74) is 10.2. The van der Waals surface area contributed by atoms with Gasteiger partial charge in [0.1, 0.15) is 0 Å². The highest BCUT2D eigenvalue weighted by atomic mass is 14.6. The molecule has 76 valence electrons. The van der Waals surface area contributed by atoms with Gasteiger partial charge in [-0.25, -0.2) is 0 Å². The molecule has 1 aromatic rings. The van der Waals surface area contributed by atoms with Crippen molar-refractivity contribution in [1.29, 1.82) is 0 Å². The van der Waals surface area contributed by atoms with Crippen molar-refractivity contribution in [2.75, 3.05) is 0 Å². The summed E-state index contributed by atoms with van der Waals surface area (Å²) in [6.07, 6.45) is 3.63. The highest BCUT2D eigenvalue weighted by Crippen LogP contribution is 2.34. The Morgan fingerprint density at radius 1 is 1.14 bits per heavy atom. The van der Waals surface area contributed by atoms with Gasteiger partial charge in [0.05, 0.1) is 0 Å².